The van der Waals surface area contributed by atoms with Crippen LogP contribution in [0.25, 0.3) is 27.9 Å². The molecule has 0 saturated carbocycles. The summed E-state index contributed by atoms with van der Waals surface area (Å²) < 4.78 is 46.5. The fraction of sp³-hybridized carbons (Fsp3) is 0.538. The van der Waals surface area contributed by atoms with Crippen molar-refractivity contribution in [3.8, 4) is 11.3 Å². The van der Waals surface area contributed by atoms with E-state index in [0.29, 0.717) is 47.2 Å². The third-order valence-electron chi connectivity index (χ3n) is 6.20. The molecule has 4 aromatic rings. The number of hydrogen-bond donors (Lipinski definition) is 2. The summed E-state index contributed by atoms with van der Waals surface area (Å²) >= 11 is 0. The monoisotopic (exact) mass is 549 g/mol. The van der Waals surface area contributed by atoms with E-state index in [1.165, 1.54) is 4.57 Å². The number of halogens is 3. The number of anilines is 2. The number of pyridine rings is 1. The van der Waals surface area contributed by atoms with Crippen molar-refractivity contribution >= 4 is 28.4 Å². The number of hydrogen-bond acceptors (Lipinski definition) is 8. The molecule has 10 nitrogen and oxygen atoms in total. The summed E-state index contributed by atoms with van der Waals surface area (Å²) in [6.45, 7) is 8.46. The molecule has 3 N–H and O–H groups in total. The lowest BCUT2D eigenvalue weighted by Crippen LogP contribution is -2.38. The van der Waals surface area contributed by atoms with E-state index in [-0.39, 0.29) is 5.95 Å². The molecule has 0 spiro atoms. The van der Waals surface area contributed by atoms with E-state index in [1.54, 1.807) is 43.9 Å². The van der Waals surface area contributed by atoms with E-state index in [0.717, 1.165) is 31.5 Å². The molecule has 1 aliphatic rings. The Labute approximate surface area is 226 Å². The zero-order valence-corrected chi connectivity index (χ0v) is 23.2. The molecule has 5 heterocycles. The van der Waals surface area contributed by atoms with E-state index in [9.17, 15) is 13.2 Å². The van der Waals surface area contributed by atoms with E-state index in [2.05, 4.69) is 30.3 Å². The zero-order chi connectivity index (χ0) is 28.5. The number of nitrogens with one attached hydrogen (secondary N) is 1. The third kappa shape index (κ3) is 7.35. The summed E-state index contributed by atoms with van der Waals surface area (Å²) in [5, 5.41) is 7.14. The lowest BCUT2D eigenvalue weighted by atomic mass is 10.1. The van der Waals surface area contributed by atoms with E-state index in [1.807, 2.05) is 19.9 Å². The van der Waals surface area contributed by atoms with Gasteiger partial charge in [-0.1, -0.05) is 13.8 Å². The number of aromatic nitrogens is 6. The fourth-order valence-electron chi connectivity index (χ4n) is 4.47. The van der Waals surface area contributed by atoms with Crippen molar-refractivity contribution in [1.29, 1.82) is 0 Å². The van der Waals surface area contributed by atoms with Crippen molar-refractivity contribution in [3.63, 3.8) is 0 Å². The Kier molecular flexibility index (Phi) is 10.9. The summed E-state index contributed by atoms with van der Waals surface area (Å²) in [6, 6.07) is 5.40. The average molecular weight is 550 g/mol. The molecule has 1 atom stereocenters. The molecule has 0 aromatic carbocycles. The Hall–Kier alpha value is -3.45. The van der Waals surface area contributed by atoms with Crippen LogP contribution in [0.4, 0.5) is 24.9 Å². The van der Waals surface area contributed by atoms with Gasteiger partial charge in [-0.25, -0.2) is 27.7 Å². The number of nitrogens with two attached hydrogens (primary N) is 1. The molecule has 1 saturated heterocycles. The largest absolute Gasteiger partial charge is 0.383 e. The van der Waals surface area contributed by atoms with Crippen molar-refractivity contribution in [3.05, 3.63) is 30.2 Å². The number of fused-ring (bicyclic) bond motifs is 2. The fourth-order valence-corrected chi connectivity index (χ4v) is 4.47. The second-order valence-corrected chi connectivity index (χ2v) is 8.82. The summed E-state index contributed by atoms with van der Waals surface area (Å²) in [5.41, 5.74) is 8.78. The highest BCUT2D eigenvalue weighted by molar-refractivity contribution is 5.89. The van der Waals surface area contributed by atoms with Crippen LogP contribution in [0, 0.1) is 6.92 Å². The predicted octanol–water partition coefficient (Wildman–Crippen LogP) is 4.43. The average Bonchev–Trinajstić information content (AvgIpc) is 3.48. The maximum Gasteiger partial charge on any atom is 0.256 e. The van der Waals surface area contributed by atoms with Gasteiger partial charge >= 0.3 is 0 Å². The molecule has 39 heavy (non-hydrogen) atoms. The molecule has 0 bridgehead atoms. The second kappa shape index (κ2) is 14.1. The van der Waals surface area contributed by atoms with Crippen LogP contribution in [0.3, 0.4) is 0 Å². The summed E-state index contributed by atoms with van der Waals surface area (Å²) in [7, 11) is 3.41. The van der Waals surface area contributed by atoms with Crippen LogP contribution in [0.2, 0.25) is 0 Å². The number of ether oxygens (including phenoxy) is 1. The first-order chi connectivity index (χ1) is 18.8. The molecule has 214 valence electrons. The Balaban J connectivity index is 0.000000272. The van der Waals surface area contributed by atoms with Crippen LogP contribution in [0.1, 0.15) is 32.5 Å². The van der Waals surface area contributed by atoms with Crippen molar-refractivity contribution in [2.24, 2.45) is 0 Å². The molecular formula is C26H38F3N9O. The van der Waals surface area contributed by atoms with Crippen LogP contribution in [0.5, 0.6) is 0 Å². The first-order valence-electron chi connectivity index (χ1n) is 13.1. The highest BCUT2D eigenvalue weighted by Gasteiger charge is 2.19. The first-order valence-corrected chi connectivity index (χ1v) is 13.1. The van der Waals surface area contributed by atoms with Gasteiger partial charge in [0.1, 0.15) is 23.0 Å². The van der Waals surface area contributed by atoms with Crippen LogP contribution in [-0.4, -0.2) is 87.0 Å². The Bertz CT molecular complexity index is 1340. The van der Waals surface area contributed by atoms with Gasteiger partial charge < -0.3 is 20.4 Å². The lowest BCUT2D eigenvalue weighted by molar-refractivity contribution is 0.0990. The van der Waals surface area contributed by atoms with Crippen molar-refractivity contribution in [2.45, 2.75) is 52.8 Å². The van der Waals surface area contributed by atoms with Crippen LogP contribution >= 0.6 is 0 Å². The molecule has 5 rings (SSSR count). The van der Waals surface area contributed by atoms with Crippen LogP contribution in [-0.2, 0) is 11.3 Å². The number of methoxy groups -OCH3 is 1. The zero-order valence-electron chi connectivity index (χ0n) is 23.2. The molecule has 1 unspecified atom stereocenters. The summed E-state index contributed by atoms with van der Waals surface area (Å²) in [4.78, 5) is 15.2. The number of imidazole rings is 1. The smallest absolute Gasteiger partial charge is 0.256 e. The molecular weight excluding hydrogens is 511 g/mol. The van der Waals surface area contributed by atoms with Crippen molar-refractivity contribution in [2.75, 3.05) is 51.4 Å². The molecule has 0 radical (unpaired) electrons. The number of piperidine rings is 1. The Morgan fingerprint density at radius 1 is 1.18 bits per heavy atom. The van der Waals surface area contributed by atoms with Gasteiger partial charge in [-0.15, -0.1) is 5.10 Å². The molecule has 0 amide bonds. The molecule has 1 fully saturated rings. The van der Waals surface area contributed by atoms with Gasteiger partial charge in [0.05, 0.1) is 18.8 Å². The Morgan fingerprint density at radius 3 is 2.62 bits per heavy atom. The second-order valence-electron chi connectivity index (χ2n) is 8.82. The third-order valence-corrected chi connectivity index (χ3v) is 6.20. The predicted molar refractivity (Wildman–Crippen MR) is 148 cm³/mol. The van der Waals surface area contributed by atoms with Gasteiger partial charge in [-0.05, 0) is 44.5 Å². The number of aryl methyl sites for hydroxylation is 1. The maximum atomic E-state index is 12.9. The van der Waals surface area contributed by atoms with Crippen LogP contribution in [0.15, 0.2) is 24.4 Å². The number of likely N-dealkylation sites (tertiary alicyclic amines) is 1. The van der Waals surface area contributed by atoms with E-state index < -0.39 is 19.1 Å². The minimum Gasteiger partial charge on any atom is -0.383 e. The SMILES string of the molecule is CC.CNc1nc(N)nn2ccc(-c3ccc4nc(C)n(CC(F)F)c4n3)c12.COCCN1CCCC(F)C1. The quantitative estimate of drug-likeness (QED) is 0.348. The van der Waals surface area contributed by atoms with Crippen molar-refractivity contribution in [1.82, 2.24) is 34.0 Å². The molecule has 0 aliphatic carbocycles. The van der Waals surface area contributed by atoms with Gasteiger partial charge in [0.15, 0.2) is 11.5 Å². The molecule has 1 aliphatic heterocycles. The molecule has 4 aromatic heterocycles. The normalized spacial score (nSPS) is 15.7. The lowest BCUT2D eigenvalue weighted by Gasteiger charge is -2.28. The Morgan fingerprint density at radius 2 is 1.95 bits per heavy atom. The first kappa shape index (κ1) is 30.1. The van der Waals surface area contributed by atoms with Crippen molar-refractivity contribution < 1.29 is 17.9 Å². The summed E-state index contributed by atoms with van der Waals surface area (Å²) in [5.74, 6) is 1.19. The van der Waals surface area contributed by atoms with E-state index in [4.69, 9.17) is 10.5 Å². The van der Waals surface area contributed by atoms with Gasteiger partial charge in [0.25, 0.3) is 6.43 Å². The number of nitrogen functional groups attached to an aromatic ring is 1. The van der Waals surface area contributed by atoms with Gasteiger partial charge in [-0.2, -0.15) is 4.98 Å². The maximum absolute atomic E-state index is 12.9. The highest BCUT2D eigenvalue weighted by atomic mass is 19.3. The number of nitrogens with zero attached hydrogens (tertiary/aromatic N) is 7. The van der Waals surface area contributed by atoms with Gasteiger partial charge in [-0.3, -0.25) is 4.90 Å². The number of alkyl halides is 3. The number of rotatable bonds is 7. The van der Waals surface area contributed by atoms with Gasteiger partial charge in [0.2, 0.25) is 5.95 Å². The van der Waals surface area contributed by atoms with E-state index >= 15 is 0 Å². The van der Waals surface area contributed by atoms with Gasteiger partial charge in [0, 0.05) is 39.0 Å². The highest BCUT2D eigenvalue weighted by Crippen LogP contribution is 2.30. The van der Waals surface area contributed by atoms with Crippen LogP contribution < -0.4 is 11.1 Å². The molecule has 13 heteroatoms. The summed E-state index contributed by atoms with van der Waals surface area (Å²) in [6.07, 6.45) is 0.380. The minimum atomic E-state index is -2.49. The topological polar surface area (TPSA) is 111 Å². The standard InChI is InChI=1S/C16H16F2N8.C8H16FNO.C2H6/c1-8-21-11-4-3-10(22-15(11)25(8)7-12(17)18)9-5-6-26-13(9)14(20-2)23-16(19)24-26;1-11-6-5-10-4-2-3-8(9)7-10;1-2/h3-6,12H,7H2,1-2H3,(H3,19,20,23,24);8H,2-7H2,1H3;1-2H3. The minimum absolute atomic E-state index is 0.137.